The third-order valence-electron chi connectivity index (χ3n) is 3.36. The summed E-state index contributed by atoms with van der Waals surface area (Å²) in [5.41, 5.74) is 9.75. The lowest BCUT2D eigenvalue weighted by atomic mass is 9.95. The molecular weight excluding hydrogens is 250 g/mol. The number of benzene rings is 1. The fraction of sp³-hybridized carbons (Fsp3) is 0.312. The van der Waals surface area contributed by atoms with Crippen molar-refractivity contribution in [2.24, 2.45) is 0 Å². The number of hydrogen-bond acceptors (Lipinski definition) is 3. The molecule has 0 radical (unpaired) electrons. The largest absolute Gasteiger partial charge is 0.472 e. The number of aromatic nitrogens is 2. The fourth-order valence-electron chi connectivity index (χ4n) is 2.44. The lowest BCUT2D eigenvalue weighted by Crippen LogP contribution is -2.19. The highest BCUT2D eigenvalue weighted by atomic mass is 16.3. The first-order valence-corrected chi connectivity index (χ1v) is 6.72. The average molecular weight is 269 g/mol. The Bertz CT molecular complexity index is 733. The minimum Gasteiger partial charge on any atom is -0.472 e. The molecule has 0 atom stereocenters. The van der Waals surface area contributed by atoms with E-state index in [1.165, 1.54) is 0 Å². The van der Waals surface area contributed by atoms with Crippen molar-refractivity contribution in [1.29, 1.82) is 0 Å². The zero-order chi connectivity index (χ0) is 14.3. The molecule has 0 bridgehead atoms. The molecule has 0 aliphatic heterocycles. The van der Waals surface area contributed by atoms with E-state index >= 15 is 0 Å². The number of anilines is 1. The van der Waals surface area contributed by atoms with Crippen molar-refractivity contribution in [3.05, 3.63) is 48.2 Å². The van der Waals surface area contributed by atoms with E-state index in [2.05, 4.69) is 25.3 Å². The van der Waals surface area contributed by atoms with Crippen LogP contribution in [0, 0.1) is 0 Å². The van der Waals surface area contributed by atoms with Gasteiger partial charge in [0.05, 0.1) is 30.1 Å². The summed E-state index contributed by atoms with van der Waals surface area (Å²) in [5, 5.41) is 0. The Balaban J connectivity index is 2.20. The summed E-state index contributed by atoms with van der Waals surface area (Å²) in [4.78, 5) is 4.78. The smallest absolute Gasteiger partial charge is 0.115 e. The number of furan rings is 1. The van der Waals surface area contributed by atoms with Crippen molar-refractivity contribution < 1.29 is 4.42 Å². The molecule has 0 saturated carbocycles. The fourth-order valence-corrected chi connectivity index (χ4v) is 2.44. The molecule has 20 heavy (non-hydrogen) atoms. The molecule has 3 aromatic rings. The molecule has 0 aliphatic rings. The highest BCUT2D eigenvalue weighted by molar-refractivity contribution is 5.80. The number of nitrogens with two attached hydrogens (primary N) is 1. The summed E-state index contributed by atoms with van der Waals surface area (Å²) in [7, 11) is 0. The second kappa shape index (κ2) is 4.40. The van der Waals surface area contributed by atoms with Gasteiger partial charge in [-0.15, -0.1) is 0 Å². The van der Waals surface area contributed by atoms with E-state index in [0.717, 1.165) is 34.7 Å². The molecule has 0 unspecified atom stereocenters. The number of nitrogen functional groups attached to an aromatic ring is 1. The summed E-state index contributed by atoms with van der Waals surface area (Å²) < 4.78 is 7.40. The standard InChI is InChI=1S/C16H19N3O/c1-16(2,3)15-18-13-8-12(17)4-5-14(13)19(15)9-11-6-7-20-10-11/h4-8,10H,9,17H2,1-3H3. The van der Waals surface area contributed by atoms with E-state index in [1.54, 1.807) is 12.5 Å². The van der Waals surface area contributed by atoms with Crippen LogP contribution in [0.5, 0.6) is 0 Å². The molecule has 0 amide bonds. The van der Waals surface area contributed by atoms with E-state index in [0.29, 0.717) is 0 Å². The van der Waals surface area contributed by atoms with Gasteiger partial charge in [-0.1, -0.05) is 20.8 Å². The quantitative estimate of drug-likeness (QED) is 0.724. The van der Waals surface area contributed by atoms with E-state index in [4.69, 9.17) is 15.1 Å². The van der Waals surface area contributed by atoms with Crippen LogP contribution in [0.1, 0.15) is 32.2 Å². The van der Waals surface area contributed by atoms with Crippen LogP contribution < -0.4 is 5.73 Å². The van der Waals surface area contributed by atoms with Crippen molar-refractivity contribution in [2.45, 2.75) is 32.7 Å². The molecule has 0 aliphatic carbocycles. The minimum absolute atomic E-state index is 0.0302. The van der Waals surface area contributed by atoms with Crippen LogP contribution in [0.4, 0.5) is 5.69 Å². The molecule has 4 nitrogen and oxygen atoms in total. The third kappa shape index (κ3) is 2.18. The molecule has 0 spiro atoms. The molecule has 4 heteroatoms. The van der Waals surface area contributed by atoms with E-state index < -0.39 is 0 Å². The van der Waals surface area contributed by atoms with Gasteiger partial charge in [0.2, 0.25) is 0 Å². The predicted octanol–water partition coefficient (Wildman–Crippen LogP) is 3.56. The van der Waals surface area contributed by atoms with Crippen molar-refractivity contribution in [1.82, 2.24) is 9.55 Å². The maximum Gasteiger partial charge on any atom is 0.115 e. The second-order valence-corrected chi connectivity index (χ2v) is 6.15. The van der Waals surface area contributed by atoms with Crippen LogP contribution in [0.3, 0.4) is 0 Å². The van der Waals surface area contributed by atoms with Crippen molar-refractivity contribution in [3.63, 3.8) is 0 Å². The first-order valence-electron chi connectivity index (χ1n) is 6.72. The monoisotopic (exact) mass is 269 g/mol. The van der Waals surface area contributed by atoms with Crippen LogP contribution in [-0.4, -0.2) is 9.55 Å². The van der Waals surface area contributed by atoms with Crippen molar-refractivity contribution >= 4 is 16.7 Å². The maximum absolute atomic E-state index is 5.86. The second-order valence-electron chi connectivity index (χ2n) is 6.15. The van der Waals surface area contributed by atoms with E-state index in [1.807, 2.05) is 24.3 Å². The summed E-state index contributed by atoms with van der Waals surface area (Å²) >= 11 is 0. The molecule has 0 saturated heterocycles. The van der Waals surface area contributed by atoms with Gasteiger partial charge >= 0.3 is 0 Å². The molecule has 2 N–H and O–H groups in total. The first kappa shape index (κ1) is 12.8. The highest BCUT2D eigenvalue weighted by Gasteiger charge is 2.23. The van der Waals surface area contributed by atoms with Gasteiger partial charge in [0, 0.05) is 16.7 Å². The van der Waals surface area contributed by atoms with Gasteiger partial charge in [0.1, 0.15) is 5.82 Å². The molecule has 104 valence electrons. The minimum atomic E-state index is -0.0302. The summed E-state index contributed by atoms with van der Waals surface area (Å²) in [6.07, 6.45) is 3.47. The normalized spacial score (nSPS) is 12.2. The molecule has 2 heterocycles. The third-order valence-corrected chi connectivity index (χ3v) is 3.36. The summed E-state index contributed by atoms with van der Waals surface area (Å²) in [6, 6.07) is 7.86. The first-order chi connectivity index (χ1) is 9.45. The van der Waals surface area contributed by atoms with Crippen LogP contribution in [0.2, 0.25) is 0 Å². The van der Waals surface area contributed by atoms with Gasteiger partial charge in [-0.3, -0.25) is 0 Å². The van der Waals surface area contributed by atoms with E-state index in [-0.39, 0.29) is 5.41 Å². The molecule has 3 rings (SSSR count). The van der Waals surface area contributed by atoms with Gasteiger partial charge in [0.25, 0.3) is 0 Å². The zero-order valence-electron chi connectivity index (χ0n) is 12.1. The number of nitrogens with zero attached hydrogens (tertiary/aromatic N) is 2. The molecule has 2 aromatic heterocycles. The van der Waals surface area contributed by atoms with Gasteiger partial charge in [0.15, 0.2) is 0 Å². The SMILES string of the molecule is CC(C)(C)c1nc2cc(N)ccc2n1Cc1ccoc1. The topological polar surface area (TPSA) is 57.0 Å². The Morgan fingerprint density at radius 2 is 2.05 bits per heavy atom. The maximum atomic E-state index is 5.86. The lowest BCUT2D eigenvalue weighted by molar-refractivity contribution is 0.513. The van der Waals surface area contributed by atoms with Gasteiger partial charge in [-0.25, -0.2) is 4.98 Å². The molecule has 1 aromatic carbocycles. The summed E-state index contributed by atoms with van der Waals surface area (Å²) in [5.74, 6) is 1.05. The molecular formula is C16H19N3O. The number of hydrogen-bond donors (Lipinski definition) is 1. The van der Waals surface area contributed by atoms with Crippen LogP contribution in [0.15, 0.2) is 41.2 Å². The van der Waals surface area contributed by atoms with E-state index in [9.17, 15) is 0 Å². The highest BCUT2D eigenvalue weighted by Crippen LogP contribution is 2.28. The predicted molar refractivity (Wildman–Crippen MR) is 80.7 cm³/mol. The van der Waals surface area contributed by atoms with Gasteiger partial charge < -0.3 is 14.7 Å². The van der Waals surface area contributed by atoms with Gasteiger partial charge in [-0.05, 0) is 24.3 Å². The van der Waals surface area contributed by atoms with Crippen LogP contribution in [0.25, 0.3) is 11.0 Å². The number of rotatable bonds is 2. The van der Waals surface area contributed by atoms with Crippen LogP contribution >= 0.6 is 0 Å². The Morgan fingerprint density at radius 3 is 2.70 bits per heavy atom. The van der Waals surface area contributed by atoms with Crippen molar-refractivity contribution in [2.75, 3.05) is 5.73 Å². The Labute approximate surface area is 118 Å². The Kier molecular flexibility index (Phi) is 2.82. The molecule has 0 fully saturated rings. The van der Waals surface area contributed by atoms with Gasteiger partial charge in [-0.2, -0.15) is 0 Å². The zero-order valence-corrected chi connectivity index (χ0v) is 12.1. The lowest BCUT2D eigenvalue weighted by Gasteiger charge is -2.19. The Hall–Kier alpha value is -2.23. The van der Waals surface area contributed by atoms with Crippen molar-refractivity contribution in [3.8, 4) is 0 Å². The Morgan fingerprint density at radius 1 is 1.25 bits per heavy atom. The number of imidazole rings is 1. The average Bonchev–Trinajstić information content (AvgIpc) is 2.97. The van der Waals surface area contributed by atoms with Crippen LogP contribution in [-0.2, 0) is 12.0 Å². The summed E-state index contributed by atoms with van der Waals surface area (Å²) in [6.45, 7) is 7.26. The number of fused-ring (bicyclic) bond motifs is 1.